The van der Waals surface area contributed by atoms with Crippen LogP contribution in [0.3, 0.4) is 0 Å². The Bertz CT molecular complexity index is 922. The predicted molar refractivity (Wildman–Crippen MR) is 100 cm³/mol. The molecular weight excluding hydrogens is 366 g/mol. The fraction of sp³-hybridized carbons (Fsp3) is 0.421. The molecule has 0 saturated carbocycles. The Morgan fingerprint density at radius 3 is 2.68 bits per heavy atom. The smallest absolute Gasteiger partial charge is 0.325 e. The predicted octanol–water partition coefficient (Wildman–Crippen LogP) is 1.20. The molecule has 1 aliphatic rings. The van der Waals surface area contributed by atoms with E-state index in [0.29, 0.717) is 41.6 Å². The van der Waals surface area contributed by atoms with Crippen molar-refractivity contribution in [3.8, 4) is 5.75 Å². The van der Waals surface area contributed by atoms with Crippen LogP contribution in [0.25, 0.3) is 10.9 Å². The number of rotatable bonds is 8. The third-order valence-electron chi connectivity index (χ3n) is 5.17. The number of methoxy groups -OCH3 is 1. The van der Waals surface area contributed by atoms with Crippen molar-refractivity contribution in [1.29, 1.82) is 0 Å². The maximum absolute atomic E-state index is 12.2. The molecule has 0 bridgehead atoms. The Kier molecular flexibility index (Phi) is 5.55. The van der Waals surface area contributed by atoms with Gasteiger partial charge in [-0.25, -0.2) is 0 Å². The van der Waals surface area contributed by atoms with Crippen molar-refractivity contribution in [3.63, 3.8) is 0 Å². The lowest BCUT2D eigenvalue weighted by molar-refractivity contribution is -0.145. The summed E-state index contributed by atoms with van der Waals surface area (Å²) in [7, 11) is 1.51. The summed E-state index contributed by atoms with van der Waals surface area (Å²) < 4.78 is 7.00. The summed E-state index contributed by atoms with van der Waals surface area (Å²) >= 11 is 0. The lowest BCUT2D eigenvalue weighted by Gasteiger charge is -2.28. The van der Waals surface area contributed by atoms with Crippen molar-refractivity contribution < 1.29 is 29.3 Å². The van der Waals surface area contributed by atoms with E-state index in [1.54, 1.807) is 33.9 Å². The van der Waals surface area contributed by atoms with Gasteiger partial charge in [-0.05, 0) is 31.0 Å². The first kappa shape index (κ1) is 19.7. The van der Waals surface area contributed by atoms with Crippen LogP contribution in [-0.4, -0.2) is 57.2 Å². The number of amides is 1. The molecule has 0 spiro atoms. The molecule has 3 rings (SSSR count). The lowest BCUT2D eigenvalue weighted by atomic mass is 10.0. The molecule has 1 aromatic heterocycles. The molecule has 2 heterocycles. The SMILES string of the molecule is COc1ccc2c(c1)c([C@@H](C(=O)O)N1CCC[C@H]1C(N)=O)cn2CCC(=O)O. The maximum atomic E-state index is 12.2. The number of carboxylic acids is 2. The van der Waals surface area contributed by atoms with Gasteiger partial charge in [0, 0.05) is 35.8 Å². The molecule has 1 aromatic carbocycles. The molecule has 1 saturated heterocycles. The lowest BCUT2D eigenvalue weighted by Crippen LogP contribution is -2.44. The molecule has 0 unspecified atom stereocenters. The van der Waals surface area contributed by atoms with Crippen LogP contribution in [0.1, 0.15) is 30.9 Å². The Balaban J connectivity index is 2.13. The van der Waals surface area contributed by atoms with Crippen molar-refractivity contribution in [2.24, 2.45) is 5.73 Å². The highest BCUT2D eigenvalue weighted by molar-refractivity contribution is 5.91. The third-order valence-corrected chi connectivity index (χ3v) is 5.17. The first-order valence-electron chi connectivity index (χ1n) is 9.00. The second-order valence-corrected chi connectivity index (χ2v) is 6.84. The van der Waals surface area contributed by atoms with Gasteiger partial charge in [0.1, 0.15) is 11.8 Å². The zero-order valence-electron chi connectivity index (χ0n) is 15.5. The van der Waals surface area contributed by atoms with Crippen LogP contribution in [0.5, 0.6) is 5.75 Å². The monoisotopic (exact) mass is 389 g/mol. The van der Waals surface area contributed by atoms with Gasteiger partial charge in [0.25, 0.3) is 0 Å². The van der Waals surface area contributed by atoms with E-state index in [1.807, 2.05) is 0 Å². The molecule has 2 atom stereocenters. The van der Waals surface area contributed by atoms with Crippen LogP contribution in [0.15, 0.2) is 24.4 Å². The molecule has 4 N–H and O–H groups in total. The summed E-state index contributed by atoms with van der Waals surface area (Å²) in [6.07, 6.45) is 2.75. The molecule has 150 valence electrons. The average molecular weight is 389 g/mol. The molecule has 9 nitrogen and oxygen atoms in total. The maximum Gasteiger partial charge on any atom is 0.325 e. The normalized spacial score (nSPS) is 18.2. The quantitative estimate of drug-likeness (QED) is 0.617. The van der Waals surface area contributed by atoms with E-state index in [-0.39, 0.29) is 13.0 Å². The first-order chi connectivity index (χ1) is 13.3. The van der Waals surface area contributed by atoms with E-state index in [9.17, 15) is 19.5 Å². The fourth-order valence-electron chi connectivity index (χ4n) is 3.91. The number of carbonyl (C=O) groups excluding carboxylic acids is 1. The highest BCUT2D eigenvalue weighted by Gasteiger charge is 2.40. The van der Waals surface area contributed by atoms with Crippen molar-refractivity contribution in [2.75, 3.05) is 13.7 Å². The number of aromatic nitrogens is 1. The first-order valence-corrected chi connectivity index (χ1v) is 9.00. The fourth-order valence-corrected chi connectivity index (χ4v) is 3.91. The third kappa shape index (κ3) is 3.65. The second-order valence-electron chi connectivity index (χ2n) is 6.84. The number of fused-ring (bicyclic) bond motifs is 1. The molecule has 0 radical (unpaired) electrons. The van der Waals surface area contributed by atoms with Gasteiger partial charge in [-0.3, -0.25) is 19.3 Å². The Morgan fingerprint density at radius 2 is 2.07 bits per heavy atom. The van der Waals surface area contributed by atoms with Gasteiger partial charge in [-0.15, -0.1) is 0 Å². The van der Waals surface area contributed by atoms with E-state index in [1.165, 1.54) is 7.11 Å². The number of aryl methyl sites for hydroxylation is 1. The van der Waals surface area contributed by atoms with Gasteiger partial charge in [0.05, 0.1) is 19.6 Å². The van der Waals surface area contributed by atoms with Gasteiger partial charge in [0.15, 0.2) is 0 Å². The van der Waals surface area contributed by atoms with Gasteiger partial charge < -0.3 is 25.3 Å². The largest absolute Gasteiger partial charge is 0.497 e. The van der Waals surface area contributed by atoms with Gasteiger partial charge in [-0.1, -0.05) is 0 Å². The summed E-state index contributed by atoms with van der Waals surface area (Å²) in [5.74, 6) is -2.02. The molecule has 1 amide bonds. The van der Waals surface area contributed by atoms with Crippen molar-refractivity contribution in [1.82, 2.24) is 9.47 Å². The van der Waals surface area contributed by atoms with E-state index in [2.05, 4.69) is 0 Å². The van der Waals surface area contributed by atoms with Crippen LogP contribution >= 0.6 is 0 Å². The topological polar surface area (TPSA) is 135 Å². The van der Waals surface area contributed by atoms with Gasteiger partial charge in [-0.2, -0.15) is 0 Å². The number of ether oxygens (including phenoxy) is 1. The number of primary amides is 1. The number of nitrogens with two attached hydrogens (primary N) is 1. The molecule has 9 heteroatoms. The van der Waals surface area contributed by atoms with Crippen LogP contribution < -0.4 is 10.5 Å². The molecule has 2 aromatic rings. The highest BCUT2D eigenvalue weighted by atomic mass is 16.5. The van der Waals surface area contributed by atoms with Gasteiger partial charge >= 0.3 is 11.9 Å². The number of hydrogen-bond acceptors (Lipinski definition) is 5. The molecule has 0 aliphatic carbocycles. The van der Waals surface area contributed by atoms with Crippen LogP contribution in [-0.2, 0) is 20.9 Å². The van der Waals surface area contributed by atoms with Crippen LogP contribution in [0.4, 0.5) is 0 Å². The minimum atomic E-state index is -1.09. The zero-order valence-corrected chi connectivity index (χ0v) is 15.5. The summed E-state index contributed by atoms with van der Waals surface area (Å²) in [6.45, 7) is 0.639. The summed E-state index contributed by atoms with van der Waals surface area (Å²) in [5, 5.41) is 19.6. The number of carbonyl (C=O) groups is 3. The molecule has 1 fully saturated rings. The number of hydrogen-bond donors (Lipinski definition) is 3. The number of nitrogens with zero attached hydrogens (tertiary/aromatic N) is 2. The second kappa shape index (κ2) is 7.89. The number of aliphatic carboxylic acids is 2. The Hall–Kier alpha value is -3.07. The van der Waals surface area contributed by atoms with Crippen molar-refractivity contribution in [3.05, 3.63) is 30.0 Å². The van der Waals surface area contributed by atoms with E-state index >= 15 is 0 Å². The minimum absolute atomic E-state index is 0.0966. The number of carboxylic acid groups (broad SMARTS) is 2. The standard InChI is InChI=1S/C19H23N3O6/c1-28-11-4-5-14-12(9-11)13(10-21(14)8-6-16(23)24)17(19(26)27)22-7-2-3-15(22)18(20)25/h4-5,9-10,15,17H,2-3,6-8H2,1H3,(H2,20,25)(H,23,24)(H,26,27)/t15-,17-/m0/s1. The molecular formula is C19H23N3O6. The van der Waals surface area contributed by atoms with Crippen LogP contribution in [0, 0.1) is 0 Å². The number of likely N-dealkylation sites (tertiary alicyclic amines) is 1. The number of benzene rings is 1. The van der Waals surface area contributed by atoms with E-state index in [0.717, 1.165) is 0 Å². The van der Waals surface area contributed by atoms with Crippen molar-refractivity contribution >= 4 is 28.7 Å². The minimum Gasteiger partial charge on any atom is -0.497 e. The molecule has 28 heavy (non-hydrogen) atoms. The van der Waals surface area contributed by atoms with E-state index < -0.39 is 29.9 Å². The molecule has 1 aliphatic heterocycles. The summed E-state index contributed by atoms with van der Waals surface area (Å²) in [5.41, 5.74) is 6.68. The Labute approximate surface area is 161 Å². The highest BCUT2D eigenvalue weighted by Crippen LogP contribution is 2.36. The Morgan fingerprint density at radius 1 is 1.32 bits per heavy atom. The van der Waals surface area contributed by atoms with E-state index in [4.69, 9.17) is 15.6 Å². The zero-order chi connectivity index (χ0) is 20.4. The average Bonchev–Trinajstić information content (AvgIpc) is 3.25. The van der Waals surface area contributed by atoms with Crippen molar-refractivity contribution in [2.45, 2.75) is 37.9 Å². The summed E-state index contributed by atoms with van der Waals surface area (Å²) in [6, 6.07) is 3.52. The summed E-state index contributed by atoms with van der Waals surface area (Å²) in [4.78, 5) is 36.6. The van der Waals surface area contributed by atoms with Gasteiger partial charge in [0.2, 0.25) is 5.91 Å². The van der Waals surface area contributed by atoms with Crippen LogP contribution in [0.2, 0.25) is 0 Å².